The van der Waals surface area contributed by atoms with Crippen LogP contribution in [0.15, 0.2) is 48.9 Å². The van der Waals surface area contributed by atoms with Gasteiger partial charge in [0.15, 0.2) is 0 Å². The Balaban J connectivity index is 1.45. The van der Waals surface area contributed by atoms with Crippen molar-refractivity contribution >= 4 is 23.4 Å². The number of hydrogen-bond acceptors (Lipinski definition) is 6. The molecule has 0 radical (unpaired) electrons. The van der Waals surface area contributed by atoms with Gasteiger partial charge in [-0.3, -0.25) is 14.5 Å². The molecule has 8 heteroatoms. The number of aromatic amines is 1. The lowest BCUT2D eigenvalue weighted by molar-refractivity contribution is 0.767. The first-order valence-corrected chi connectivity index (χ1v) is 9.05. The van der Waals surface area contributed by atoms with Gasteiger partial charge < -0.3 is 10.2 Å². The average molecular weight is 360 g/mol. The summed E-state index contributed by atoms with van der Waals surface area (Å²) >= 11 is 0. The topological polar surface area (TPSA) is 87.0 Å². The molecule has 0 spiro atoms. The predicted octanol–water partition coefficient (Wildman–Crippen LogP) is 2.89. The van der Waals surface area contributed by atoms with Crippen molar-refractivity contribution in [3.05, 3.63) is 60.2 Å². The zero-order chi connectivity index (χ0) is 18.2. The van der Waals surface area contributed by atoms with Crippen molar-refractivity contribution in [3.8, 4) is 0 Å². The molecule has 5 rings (SSSR count). The van der Waals surface area contributed by atoms with Gasteiger partial charge in [0.2, 0.25) is 11.9 Å². The van der Waals surface area contributed by atoms with E-state index < -0.39 is 0 Å². The molecule has 1 atom stereocenters. The van der Waals surface area contributed by atoms with E-state index in [2.05, 4.69) is 31.5 Å². The Labute approximate surface area is 156 Å². The highest BCUT2D eigenvalue weighted by Crippen LogP contribution is 2.29. The molecule has 8 nitrogen and oxygen atoms in total. The maximum Gasteiger partial charge on any atom is 0.230 e. The second-order valence-electron chi connectivity index (χ2n) is 6.85. The van der Waals surface area contributed by atoms with Crippen molar-refractivity contribution in [1.29, 1.82) is 0 Å². The minimum absolute atomic E-state index is 0.456. The lowest BCUT2D eigenvalue weighted by Gasteiger charge is -2.18. The van der Waals surface area contributed by atoms with Crippen molar-refractivity contribution in [1.82, 2.24) is 29.5 Å². The molecule has 1 saturated heterocycles. The molecule has 1 aliphatic heterocycles. The maximum atomic E-state index is 4.79. The van der Waals surface area contributed by atoms with E-state index in [0.29, 0.717) is 11.9 Å². The zero-order valence-electron chi connectivity index (χ0n) is 15.0. The van der Waals surface area contributed by atoms with Crippen LogP contribution in [0.2, 0.25) is 0 Å². The number of pyridine rings is 1. The molecule has 4 aromatic heterocycles. The first-order chi connectivity index (χ1) is 13.3. The highest BCUT2D eigenvalue weighted by Gasteiger charge is 2.26. The molecular formula is C19H20N8. The van der Waals surface area contributed by atoms with Crippen molar-refractivity contribution in [2.75, 3.05) is 23.3 Å². The summed E-state index contributed by atoms with van der Waals surface area (Å²) in [6.07, 6.45) is 6.80. The summed E-state index contributed by atoms with van der Waals surface area (Å²) in [6, 6.07) is 10.1. The monoisotopic (exact) mass is 360 g/mol. The smallest absolute Gasteiger partial charge is 0.230 e. The van der Waals surface area contributed by atoms with Crippen LogP contribution >= 0.6 is 0 Å². The van der Waals surface area contributed by atoms with E-state index in [4.69, 9.17) is 9.97 Å². The van der Waals surface area contributed by atoms with E-state index in [0.717, 1.165) is 42.6 Å². The van der Waals surface area contributed by atoms with Crippen LogP contribution in [0.25, 0.3) is 5.65 Å². The highest BCUT2D eigenvalue weighted by molar-refractivity contribution is 5.57. The molecule has 1 fully saturated rings. The van der Waals surface area contributed by atoms with Gasteiger partial charge in [0.05, 0.1) is 5.69 Å². The lowest BCUT2D eigenvalue weighted by atomic mass is 10.0. The summed E-state index contributed by atoms with van der Waals surface area (Å²) < 4.78 is 1.94. The van der Waals surface area contributed by atoms with Crippen LogP contribution in [-0.4, -0.2) is 42.6 Å². The molecule has 136 valence electrons. The summed E-state index contributed by atoms with van der Waals surface area (Å²) in [7, 11) is 0. The molecule has 1 aliphatic rings. The molecule has 0 saturated carbocycles. The van der Waals surface area contributed by atoms with Gasteiger partial charge >= 0.3 is 0 Å². The Bertz CT molecular complexity index is 1070. The third-order valence-electron chi connectivity index (χ3n) is 4.96. The molecule has 4 aromatic rings. The molecule has 27 heavy (non-hydrogen) atoms. The van der Waals surface area contributed by atoms with E-state index in [1.807, 2.05) is 54.2 Å². The SMILES string of the molecule is Cc1cc(Nc2nc(N3CCC(c4cccnc4)C3)nc3cccn23)[nH]n1. The second kappa shape index (κ2) is 6.39. The largest absolute Gasteiger partial charge is 0.340 e. The van der Waals surface area contributed by atoms with Crippen LogP contribution in [0.3, 0.4) is 0 Å². The number of nitrogens with one attached hydrogen (secondary N) is 2. The van der Waals surface area contributed by atoms with Crippen LogP contribution < -0.4 is 10.2 Å². The lowest BCUT2D eigenvalue weighted by Crippen LogP contribution is -2.23. The summed E-state index contributed by atoms with van der Waals surface area (Å²) in [4.78, 5) is 16.0. The van der Waals surface area contributed by atoms with E-state index in [9.17, 15) is 0 Å². The van der Waals surface area contributed by atoms with Gasteiger partial charge in [-0.2, -0.15) is 15.1 Å². The van der Waals surface area contributed by atoms with Crippen molar-refractivity contribution in [2.24, 2.45) is 0 Å². The van der Waals surface area contributed by atoms with Gasteiger partial charge in [-0.15, -0.1) is 0 Å². The molecule has 0 bridgehead atoms. The molecule has 0 aliphatic carbocycles. The second-order valence-corrected chi connectivity index (χ2v) is 6.85. The summed E-state index contributed by atoms with van der Waals surface area (Å²) in [5.41, 5.74) is 3.06. The molecule has 5 heterocycles. The third-order valence-corrected chi connectivity index (χ3v) is 4.96. The predicted molar refractivity (Wildman–Crippen MR) is 103 cm³/mol. The van der Waals surface area contributed by atoms with Crippen LogP contribution in [0.5, 0.6) is 0 Å². The molecular weight excluding hydrogens is 340 g/mol. The Morgan fingerprint density at radius 1 is 1.22 bits per heavy atom. The van der Waals surface area contributed by atoms with Gasteiger partial charge in [0.1, 0.15) is 11.5 Å². The van der Waals surface area contributed by atoms with Crippen molar-refractivity contribution in [2.45, 2.75) is 19.3 Å². The molecule has 1 unspecified atom stereocenters. The van der Waals surface area contributed by atoms with E-state index in [1.54, 1.807) is 0 Å². The maximum absolute atomic E-state index is 4.79. The third kappa shape index (κ3) is 2.99. The Morgan fingerprint density at radius 2 is 2.19 bits per heavy atom. The van der Waals surface area contributed by atoms with Gasteiger partial charge in [-0.05, 0) is 37.1 Å². The quantitative estimate of drug-likeness (QED) is 0.582. The number of aromatic nitrogens is 6. The number of hydrogen-bond donors (Lipinski definition) is 2. The van der Waals surface area contributed by atoms with Crippen LogP contribution in [-0.2, 0) is 0 Å². The molecule has 2 N–H and O–H groups in total. The van der Waals surface area contributed by atoms with E-state index >= 15 is 0 Å². The summed E-state index contributed by atoms with van der Waals surface area (Å²) in [5.74, 6) is 2.72. The minimum atomic E-state index is 0.456. The first kappa shape index (κ1) is 15.8. The number of rotatable bonds is 4. The number of H-pyrrole nitrogens is 1. The van der Waals surface area contributed by atoms with Crippen LogP contribution in [0.1, 0.15) is 23.6 Å². The number of aryl methyl sites for hydroxylation is 1. The zero-order valence-corrected chi connectivity index (χ0v) is 15.0. The van der Waals surface area contributed by atoms with Gasteiger partial charge in [0, 0.05) is 43.7 Å². The van der Waals surface area contributed by atoms with Gasteiger partial charge in [-0.25, -0.2) is 0 Å². The van der Waals surface area contributed by atoms with Crippen LogP contribution in [0, 0.1) is 6.92 Å². The summed E-state index contributed by atoms with van der Waals surface area (Å²) in [6.45, 7) is 3.77. The highest BCUT2D eigenvalue weighted by atomic mass is 15.3. The fraction of sp³-hybridized carbons (Fsp3) is 0.263. The van der Waals surface area contributed by atoms with E-state index in [1.165, 1.54) is 5.56 Å². The fourth-order valence-corrected chi connectivity index (χ4v) is 3.59. The summed E-state index contributed by atoms with van der Waals surface area (Å²) in [5, 5.41) is 10.5. The minimum Gasteiger partial charge on any atom is -0.340 e. The van der Waals surface area contributed by atoms with Crippen molar-refractivity contribution < 1.29 is 0 Å². The molecule has 0 amide bonds. The Kier molecular flexibility index (Phi) is 3.74. The fourth-order valence-electron chi connectivity index (χ4n) is 3.59. The molecule has 0 aromatic carbocycles. The van der Waals surface area contributed by atoms with E-state index in [-0.39, 0.29) is 0 Å². The van der Waals surface area contributed by atoms with Crippen molar-refractivity contribution in [3.63, 3.8) is 0 Å². The number of anilines is 3. The van der Waals surface area contributed by atoms with Gasteiger partial charge in [0.25, 0.3) is 0 Å². The average Bonchev–Trinajstić information content (AvgIpc) is 3.42. The number of nitrogens with zero attached hydrogens (tertiary/aromatic N) is 6. The first-order valence-electron chi connectivity index (χ1n) is 9.05. The van der Waals surface area contributed by atoms with Gasteiger partial charge in [-0.1, -0.05) is 6.07 Å². The standard InChI is InChI=1S/C19H20N8/c1-13-10-16(25-24-13)21-19-23-18(22-17-5-3-8-27(17)19)26-9-6-15(12-26)14-4-2-7-20-11-14/h2-5,7-8,10-11,15H,6,9,12H2,1H3,(H2,21,22,23,24,25). The Morgan fingerprint density at radius 3 is 3.00 bits per heavy atom. The van der Waals surface area contributed by atoms with Crippen LogP contribution in [0.4, 0.5) is 17.7 Å². The Hall–Kier alpha value is -3.42. The number of fused-ring (bicyclic) bond motifs is 1. The normalized spacial score (nSPS) is 16.9.